The van der Waals surface area contributed by atoms with Crippen LogP contribution < -0.4 is 0 Å². The summed E-state index contributed by atoms with van der Waals surface area (Å²) in [6.45, 7) is 4.51. The number of ether oxygens (including phenoxy) is 2. The van der Waals surface area contributed by atoms with Crippen molar-refractivity contribution >= 4 is 33.5 Å². The minimum absolute atomic E-state index is 0.314. The van der Waals surface area contributed by atoms with Gasteiger partial charge in [-0.15, -0.1) is 0 Å². The van der Waals surface area contributed by atoms with Gasteiger partial charge in [-0.25, -0.2) is 9.31 Å². The summed E-state index contributed by atoms with van der Waals surface area (Å²) >= 11 is 3.50. The Hall–Kier alpha value is -2.51. The molecule has 7 heteroatoms. The van der Waals surface area contributed by atoms with Gasteiger partial charge >= 0.3 is 5.97 Å². The van der Waals surface area contributed by atoms with Gasteiger partial charge < -0.3 is 9.47 Å². The summed E-state index contributed by atoms with van der Waals surface area (Å²) < 4.78 is 13.2. The van der Waals surface area contributed by atoms with Crippen molar-refractivity contribution in [3.8, 4) is 11.1 Å². The molecule has 0 amide bonds. The van der Waals surface area contributed by atoms with Gasteiger partial charge in [-0.05, 0) is 53.5 Å². The normalized spacial score (nSPS) is 11.4. The Morgan fingerprint density at radius 3 is 2.79 bits per heavy atom. The third-order valence-corrected chi connectivity index (χ3v) is 4.73. The van der Waals surface area contributed by atoms with Crippen molar-refractivity contribution < 1.29 is 14.3 Å². The van der Waals surface area contributed by atoms with Crippen molar-refractivity contribution in [2.24, 2.45) is 0 Å². The van der Waals surface area contributed by atoms with E-state index in [2.05, 4.69) is 33.9 Å². The van der Waals surface area contributed by atoms with Crippen LogP contribution in [-0.2, 0) is 27.3 Å². The molecule has 0 bridgehead atoms. The molecule has 0 aliphatic rings. The van der Waals surface area contributed by atoms with Gasteiger partial charge in [0.1, 0.15) is 0 Å². The first-order chi connectivity index (χ1) is 13.6. The molecular weight excluding hydrogens is 422 g/mol. The van der Waals surface area contributed by atoms with Crippen LogP contribution >= 0.6 is 15.9 Å². The van der Waals surface area contributed by atoms with Crippen LogP contribution in [0.3, 0.4) is 0 Å². The van der Waals surface area contributed by atoms with E-state index >= 15 is 0 Å². The average Bonchev–Trinajstić information content (AvgIpc) is 3.08. The standard InChI is InChI=1S/C21H22BrN3O3/c1-4-16-6-8-19-21(14-10-15(22)12-23-11-14)17(7-9-20(26)28-5-2)18(13-27-3)24-25(16)19/h6-12H,4-5,13H2,1-3H3/b9-7+. The molecule has 0 aliphatic heterocycles. The van der Waals surface area contributed by atoms with Crippen LogP contribution in [0.4, 0.5) is 0 Å². The van der Waals surface area contributed by atoms with Crippen molar-refractivity contribution in [2.45, 2.75) is 26.9 Å². The van der Waals surface area contributed by atoms with Crippen molar-refractivity contribution in [1.82, 2.24) is 14.6 Å². The number of fused-ring (bicyclic) bond motifs is 1. The van der Waals surface area contributed by atoms with Gasteiger partial charge in [-0.1, -0.05) is 6.92 Å². The smallest absolute Gasteiger partial charge is 0.330 e. The number of rotatable bonds is 7. The fourth-order valence-corrected chi connectivity index (χ4v) is 3.48. The molecule has 0 aliphatic carbocycles. The minimum Gasteiger partial charge on any atom is -0.463 e. The highest BCUT2D eigenvalue weighted by Gasteiger charge is 2.18. The summed E-state index contributed by atoms with van der Waals surface area (Å²) in [6.07, 6.45) is 7.56. The number of hydrogen-bond acceptors (Lipinski definition) is 5. The molecule has 3 aromatic heterocycles. The molecule has 0 radical (unpaired) electrons. The van der Waals surface area contributed by atoms with Crippen LogP contribution in [0.1, 0.15) is 30.8 Å². The molecule has 0 N–H and O–H groups in total. The monoisotopic (exact) mass is 443 g/mol. The Labute approximate surface area is 172 Å². The Morgan fingerprint density at radius 1 is 1.29 bits per heavy atom. The lowest BCUT2D eigenvalue weighted by molar-refractivity contribution is -0.137. The third-order valence-electron chi connectivity index (χ3n) is 4.30. The quantitative estimate of drug-likeness (QED) is 0.398. The Morgan fingerprint density at radius 2 is 2.11 bits per heavy atom. The van der Waals surface area contributed by atoms with E-state index in [1.165, 1.54) is 6.08 Å². The number of carbonyl (C=O) groups is 1. The molecule has 0 atom stereocenters. The summed E-state index contributed by atoms with van der Waals surface area (Å²) in [5.41, 5.74) is 5.44. The molecular formula is C21H22BrN3O3. The molecule has 0 spiro atoms. The molecule has 3 heterocycles. The molecule has 0 aromatic carbocycles. The van der Waals surface area contributed by atoms with Gasteiger partial charge in [0.2, 0.25) is 0 Å². The Balaban J connectivity index is 2.32. The van der Waals surface area contributed by atoms with Crippen molar-refractivity contribution in [2.75, 3.05) is 13.7 Å². The topological polar surface area (TPSA) is 65.7 Å². The Kier molecular flexibility index (Phi) is 6.59. The van der Waals surface area contributed by atoms with Crippen LogP contribution in [0, 0.1) is 0 Å². The number of nitrogens with zero attached hydrogens (tertiary/aromatic N) is 3. The average molecular weight is 444 g/mol. The fourth-order valence-electron chi connectivity index (χ4n) is 3.12. The predicted molar refractivity (Wildman–Crippen MR) is 112 cm³/mol. The summed E-state index contributed by atoms with van der Waals surface area (Å²) in [5, 5.41) is 4.78. The van der Waals surface area contributed by atoms with Crippen LogP contribution in [-0.4, -0.2) is 34.3 Å². The van der Waals surface area contributed by atoms with E-state index in [1.54, 1.807) is 32.5 Å². The van der Waals surface area contributed by atoms with Gasteiger partial charge in [-0.2, -0.15) is 5.10 Å². The first-order valence-electron chi connectivity index (χ1n) is 9.07. The second kappa shape index (κ2) is 9.12. The Bertz CT molecular complexity index is 1030. The zero-order valence-corrected chi connectivity index (χ0v) is 17.7. The highest BCUT2D eigenvalue weighted by Crippen LogP contribution is 2.33. The van der Waals surface area contributed by atoms with Crippen LogP contribution in [0.2, 0.25) is 0 Å². The fraction of sp³-hybridized carbons (Fsp3) is 0.286. The number of halogens is 1. The maximum atomic E-state index is 11.9. The number of esters is 1. The maximum absolute atomic E-state index is 11.9. The second-order valence-corrected chi connectivity index (χ2v) is 7.04. The molecule has 0 saturated carbocycles. The van der Waals surface area contributed by atoms with Crippen molar-refractivity contribution in [1.29, 1.82) is 0 Å². The number of aromatic nitrogens is 3. The summed E-state index contributed by atoms with van der Waals surface area (Å²) in [7, 11) is 1.63. The minimum atomic E-state index is -0.395. The zero-order chi connectivity index (χ0) is 20.1. The molecule has 28 heavy (non-hydrogen) atoms. The van der Waals surface area contributed by atoms with Gasteiger partial charge in [-0.3, -0.25) is 4.98 Å². The zero-order valence-electron chi connectivity index (χ0n) is 16.1. The molecule has 0 saturated heterocycles. The van der Waals surface area contributed by atoms with Gasteiger partial charge in [0.15, 0.2) is 0 Å². The lowest BCUT2D eigenvalue weighted by Gasteiger charge is -2.15. The van der Waals surface area contributed by atoms with Gasteiger partial charge in [0, 0.05) is 52.4 Å². The summed E-state index contributed by atoms with van der Waals surface area (Å²) in [4.78, 5) is 16.2. The van der Waals surface area contributed by atoms with Gasteiger partial charge in [0.05, 0.1) is 24.4 Å². The number of pyridine rings is 1. The molecule has 0 unspecified atom stereocenters. The van der Waals surface area contributed by atoms with E-state index in [-0.39, 0.29) is 0 Å². The third kappa shape index (κ3) is 4.15. The SMILES string of the molecule is CCOC(=O)/C=C/c1c(COC)nn2c(CC)ccc2c1-c1cncc(Br)c1. The highest BCUT2D eigenvalue weighted by molar-refractivity contribution is 9.10. The second-order valence-electron chi connectivity index (χ2n) is 6.12. The molecule has 0 fully saturated rings. The van der Waals surface area contributed by atoms with Crippen LogP contribution in [0.5, 0.6) is 0 Å². The van der Waals surface area contributed by atoms with Crippen molar-refractivity contribution in [3.63, 3.8) is 0 Å². The summed E-state index contributed by atoms with van der Waals surface area (Å²) in [5.74, 6) is -0.395. The predicted octanol–water partition coefficient (Wildman–Crippen LogP) is 4.44. The molecule has 3 aromatic rings. The molecule has 6 nitrogen and oxygen atoms in total. The van der Waals surface area contributed by atoms with E-state index in [9.17, 15) is 4.79 Å². The van der Waals surface area contributed by atoms with E-state index in [1.807, 2.05) is 16.6 Å². The molecule has 146 valence electrons. The number of methoxy groups -OCH3 is 1. The maximum Gasteiger partial charge on any atom is 0.330 e. The van der Waals surface area contributed by atoms with Gasteiger partial charge in [0.25, 0.3) is 0 Å². The molecule has 3 rings (SSSR count). The van der Waals surface area contributed by atoms with Crippen molar-refractivity contribution in [3.05, 3.63) is 58.1 Å². The highest BCUT2D eigenvalue weighted by atomic mass is 79.9. The van der Waals surface area contributed by atoms with E-state index in [0.717, 1.165) is 44.5 Å². The van der Waals surface area contributed by atoms with E-state index in [4.69, 9.17) is 14.6 Å². The largest absolute Gasteiger partial charge is 0.463 e. The number of hydrogen-bond donors (Lipinski definition) is 0. The lowest BCUT2D eigenvalue weighted by atomic mass is 9.99. The number of aryl methyl sites for hydroxylation is 1. The number of carbonyl (C=O) groups excluding carboxylic acids is 1. The van der Waals surface area contributed by atoms with E-state index in [0.29, 0.717) is 13.2 Å². The van der Waals surface area contributed by atoms with Crippen LogP contribution in [0.25, 0.3) is 22.7 Å². The first kappa shape index (κ1) is 20.2. The lowest BCUT2D eigenvalue weighted by Crippen LogP contribution is -2.08. The van der Waals surface area contributed by atoms with E-state index < -0.39 is 5.97 Å². The first-order valence-corrected chi connectivity index (χ1v) is 9.86. The summed E-state index contributed by atoms with van der Waals surface area (Å²) in [6, 6.07) is 6.10. The van der Waals surface area contributed by atoms with Crippen LogP contribution in [0.15, 0.2) is 41.1 Å².